The smallest absolute Gasteiger partial charge is 0.236 e. The number of hydrogen-bond acceptors (Lipinski definition) is 4. The molecule has 0 aliphatic carbocycles. The van der Waals surface area contributed by atoms with Crippen LogP contribution in [0.15, 0.2) is 18.2 Å². The molecular weight excluding hydrogens is 275 g/mol. The van der Waals surface area contributed by atoms with Crippen molar-refractivity contribution in [1.82, 2.24) is 9.80 Å². The van der Waals surface area contributed by atoms with E-state index in [1.807, 2.05) is 0 Å². The van der Waals surface area contributed by atoms with Gasteiger partial charge in [-0.3, -0.25) is 14.5 Å². The summed E-state index contributed by atoms with van der Waals surface area (Å²) < 4.78 is 13.5. The molecule has 1 aromatic rings. The highest BCUT2D eigenvalue weighted by molar-refractivity contribution is 5.91. The Labute approximate surface area is 123 Å². The third kappa shape index (κ3) is 5.78. The second kappa shape index (κ2) is 7.58. The summed E-state index contributed by atoms with van der Waals surface area (Å²) in [7, 11) is 5.09. The lowest BCUT2D eigenvalue weighted by Crippen LogP contribution is -2.35. The summed E-state index contributed by atoms with van der Waals surface area (Å²) in [5, 5.41) is 2.47. The van der Waals surface area contributed by atoms with Gasteiger partial charge in [0.15, 0.2) is 0 Å². The summed E-state index contributed by atoms with van der Waals surface area (Å²) in [6.45, 7) is 0.627. The van der Waals surface area contributed by atoms with Crippen molar-refractivity contribution in [3.8, 4) is 0 Å². The Hall–Kier alpha value is -2.15. The molecule has 0 aliphatic heterocycles. The molecule has 0 radical (unpaired) electrons. The van der Waals surface area contributed by atoms with Crippen molar-refractivity contribution >= 4 is 23.2 Å². The number of amides is 2. The number of nitrogen functional groups attached to an aromatic ring is 1. The van der Waals surface area contributed by atoms with Gasteiger partial charge in [0.25, 0.3) is 0 Å². The highest BCUT2D eigenvalue weighted by atomic mass is 19.1. The van der Waals surface area contributed by atoms with Crippen LogP contribution in [0, 0.1) is 5.82 Å². The number of benzene rings is 1. The van der Waals surface area contributed by atoms with E-state index in [0.717, 1.165) is 0 Å². The number of hydrogen-bond donors (Lipinski definition) is 2. The second-order valence-corrected chi connectivity index (χ2v) is 5.06. The molecular formula is C14H21FN4O2. The molecule has 0 saturated carbocycles. The molecule has 0 fully saturated rings. The SMILES string of the molecule is CN(CCC(=O)Nc1cc(N)ccc1F)CC(=O)N(C)C. The number of carbonyl (C=O) groups is 2. The summed E-state index contributed by atoms with van der Waals surface area (Å²) in [6, 6.07) is 3.99. The molecule has 2 amide bonds. The Morgan fingerprint density at radius 3 is 2.57 bits per heavy atom. The van der Waals surface area contributed by atoms with Crippen LogP contribution in [0.2, 0.25) is 0 Å². The number of anilines is 2. The first-order chi connectivity index (χ1) is 9.79. The molecule has 0 aliphatic rings. The van der Waals surface area contributed by atoms with Crippen LogP contribution < -0.4 is 11.1 Å². The minimum atomic E-state index is -0.534. The first-order valence-electron chi connectivity index (χ1n) is 6.53. The summed E-state index contributed by atoms with van der Waals surface area (Å²) in [5.41, 5.74) is 5.98. The molecule has 0 spiro atoms. The molecule has 1 aromatic carbocycles. The number of likely N-dealkylation sites (N-methyl/N-ethyl adjacent to an activating group) is 2. The van der Waals surface area contributed by atoms with E-state index in [-0.39, 0.29) is 30.5 Å². The topological polar surface area (TPSA) is 78.7 Å². The Kier molecular flexibility index (Phi) is 6.10. The van der Waals surface area contributed by atoms with Crippen LogP contribution in [0.1, 0.15) is 6.42 Å². The van der Waals surface area contributed by atoms with Gasteiger partial charge >= 0.3 is 0 Å². The fourth-order valence-electron chi connectivity index (χ4n) is 1.60. The van der Waals surface area contributed by atoms with Gasteiger partial charge in [-0.25, -0.2) is 4.39 Å². The maximum Gasteiger partial charge on any atom is 0.236 e. The second-order valence-electron chi connectivity index (χ2n) is 5.06. The van der Waals surface area contributed by atoms with E-state index in [9.17, 15) is 14.0 Å². The lowest BCUT2D eigenvalue weighted by Gasteiger charge is -2.18. The van der Waals surface area contributed by atoms with Crippen molar-refractivity contribution in [3.63, 3.8) is 0 Å². The minimum Gasteiger partial charge on any atom is -0.399 e. The molecule has 0 unspecified atom stereocenters. The normalized spacial score (nSPS) is 10.5. The third-order valence-electron chi connectivity index (χ3n) is 2.89. The Morgan fingerprint density at radius 2 is 1.95 bits per heavy atom. The Balaban J connectivity index is 2.44. The van der Waals surface area contributed by atoms with E-state index >= 15 is 0 Å². The van der Waals surface area contributed by atoms with E-state index in [2.05, 4.69) is 5.32 Å². The van der Waals surface area contributed by atoms with Gasteiger partial charge in [-0.1, -0.05) is 0 Å². The van der Waals surface area contributed by atoms with E-state index in [1.165, 1.54) is 23.1 Å². The lowest BCUT2D eigenvalue weighted by atomic mass is 10.2. The number of nitrogens with one attached hydrogen (secondary N) is 1. The van der Waals surface area contributed by atoms with E-state index in [4.69, 9.17) is 5.73 Å². The summed E-state index contributed by atoms with van der Waals surface area (Å²) in [6.07, 6.45) is 0.158. The standard InChI is InChI=1S/C14H21FN4O2/c1-18(2)14(21)9-19(3)7-6-13(20)17-12-8-10(16)4-5-11(12)15/h4-5,8H,6-7,9,16H2,1-3H3,(H,17,20). The van der Waals surface area contributed by atoms with Gasteiger partial charge in [-0.15, -0.1) is 0 Å². The fraction of sp³-hybridized carbons (Fsp3) is 0.429. The van der Waals surface area contributed by atoms with Crippen LogP contribution in [-0.4, -0.2) is 55.8 Å². The predicted octanol–water partition coefficient (Wildman–Crippen LogP) is 0.756. The highest BCUT2D eigenvalue weighted by Crippen LogP contribution is 2.17. The average molecular weight is 296 g/mol. The minimum absolute atomic E-state index is 0.0419. The fourth-order valence-corrected chi connectivity index (χ4v) is 1.60. The van der Waals surface area contributed by atoms with Crippen LogP contribution in [0.25, 0.3) is 0 Å². The van der Waals surface area contributed by atoms with Crippen molar-refractivity contribution in [2.45, 2.75) is 6.42 Å². The molecule has 0 bridgehead atoms. The molecule has 3 N–H and O–H groups in total. The number of halogens is 1. The van der Waals surface area contributed by atoms with Crippen molar-refractivity contribution in [3.05, 3.63) is 24.0 Å². The maximum absolute atomic E-state index is 13.5. The average Bonchev–Trinajstić information content (AvgIpc) is 2.40. The molecule has 0 saturated heterocycles. The van der Waals surface area contributed by atoms with Gasteiger partial charge in [-0.2, -0.15) is 0 Å². The molecule has 0 aromatic heterocycles. The first-order valence-corrected chi connectivity index (χ1v) is 6.53. The lowest BCUT2D eigenvalue weighted by molar-refractivity contribution is -0.130. The molecule has 0 atom stereocenters. The first kappa shape index (κ1) is 16.9. The molecule has 116 valence electrons. The highest BCUT2D eigenvalue weighted by Gasteiger charge is 2.11. The summed E-state index contributed by atoms with van der Waals surface area (Å²) in [5.74, 6) is -0.905. The number of rotatable bonds is 6. The largest absolute Gasteiger partial charge is 0.399 e. The van der Waals surface area contributed by atoms with Crippen molar-refractivity contribution in [2.75, 3.05) is 45.3 Å². The third-order valence-corrected chi connectivity index (χ3v) is 2.89. The predicted molar refractivity (Wildman–Crippen MR) is 80.3 cm³/mol. The zero-order valence-electron chi connectivity index (χ0n) is 12.5. The van der Waals surface area contributed by atoms with E-state index in [0.29, 0.717) is 12.2 Å². The van der Waals surface area contributed by atoms with Crippen LogP contribution >= 0.6 is 0 Å². The number of nitrogens with two attached hydrogens (primary N) is 1. The zero-order chi connectivity index (χ0) is 16.0. The van der Waals surface area contributed by atoms with Gasteiger partial charge in [0, 0.05) is 32.7 Å². The van der Waals surface area contributed by atoms with Crippen LogP contribution in [0.3, 0.4) is 0 Å². The number of nitrogens with zero attached hydrogens (tertiary/aromatic N) is 2. The molecule has 1 rings (SSSR count). The van der Waals surface area contributed by atoms with Gasteiger partial charge in [0.2, 0.25) is 11.8 Å². The number of carbonyl (C=O) groups excluding carboxylic acids is 2. The molecule has 0 heterocycles. The van der Waals surface area contributed by atoms with Crippen molar-refractivity contribution in [1.29, 1.82) is 0 Å². The monoisotopic (exact) mass is 296 g/mol. The molecule has 7 heteroatoms. The van der Waals surface area contributed by atoms with E-state index in [1.54, 1.807) is 26.0 Å². The van der Waals surface area contributed by atoms with Gasteiger partial charge in [0.1, 0.15) is 5.82 Å². The Bertz CT molecular complexity index is 520. The van der Waals surface area contributed by atoms with Crippen molar-refractivity contribution in [2.24, 2.45) is 0 Å². The van der Waals surface area contributed by atoms with Gasteiger partial charge in [0.05, 0.1) is 12.2 Å². The molecule has 21 heavy (non-hydrogen) atoms. The quantitative estimate of drug-likeness (QED) is 0.760. The van der Waals surface area contributed by atoms with Crippen LogP contribution in [0.5, 0.6) is 0 Å². The van der Waals surface area contributed by atoms with Gasteiger partial charge in [-0.05, 0) is 25.2 Å². The van der Waals surface area contributed by atoms with Crippen molar-refractivity contribution < 1.29 is 14.0 Å². The summed E-state index contributed by atoms with van der Waals surface area (Å²) >= 11 is 0. The molecule has 6 nitrogen and oxygen atoms in total. The summed E-state index contributed by atoms with van der Waals surface area (Å²) in [4.78, 5) is 26.5. The van der Waals surface area contributed by atoms with Crippen LogP contribution in [0.4, 0.5) is 15.8 Å². The van der Waals surface area contributed by atoms with E-state index < -0.39 is 5.82 Å². The maximum atomic E-state index is 13.5. The Morgan fingerprint density at radius 1 is 1.29 bits per heavy atom. The van der Waals surface area contributed by atoms with Gasteiger partial charge < -0.3 is 16.0 Å². The zero-order valence-corrected chi connectivity index (χ0v) is 12.5. The van der Waals surface area contributed by atoms with Crippen LogP contribution in [-0.2, 0) is 9.59 Å².